The fraction of sp³-hybridized carbons (Fsp3) is 0.792. The van der Waals surface area contributed by atoms with Crippen LogP contribution < -0.4 is 0 Å². The fourth-order valence-corrected chi connectivity index (χ4v) is 7.46. The van der Waals surface area contributed by atoms with E-state index in [2.05, 4.69) is 99.4 Å². The molecule has 0 rings (SSSR count). The predicted octanol–water partition coefficient (Wildman–Crippen LogP) is 16.1. The Labute approximate surface area is 357 Å². The van der Waals surface area contributed by atoms with Crippen LogP contribution in [0.25, 0.3) is 0 Å². The highest BCUT2D eigenvalue weighted by Gasteiger charge is 2.19. The summed E-state index contributed by atoms with van der Waals surface area (Å²) < 4.78 is 5.63. The summed E-state index contributed by atoms with van der Waals surface area (Å²) in [6, 6.07) is 0.565. The lowest BCUT2D eigenvalue weighted by molar-refractivity contribution is -0.142. The highest BCUT2D eigenvalue weighted by molar-refractivity contribution is 5.69. The Balaban J connectivity index is 4.81. The average Bonchev–Trinajstić information content (AvgIpc) is 3.20. The molecule has 0 aliphatic carbocycles. The summed E-state index contributed by atoms with van der Waals surface area (Å²) in [6.07, 6.45) is 63.1. The molecule has 0 spiro atoms. The van der Waals surface area contributed by atoms with Crippen molar-refractivity contribution in [2.75, 3.05) is 40.3 Å². The van der Waals surface area contributed by atoms with E-state index in [9.17, 15) is 4.79 Å². The van der Waals surface area contributed by atoms with Gasteiger partial charge in [-0.05, 0) is 123 Å². The molecule has 0 N–H and O–H groups in total. The van der Waals surface area contributed by atoms with Gasteiger partial charge in [0.05, 0.1) is 6.42 Å². The maximum absolute atomic E-state index is 12.8. The Morgan fingerprint density at radius 1 is 0.439 bits per heavy atom. The van der Waals surface area contributed by atoms with Crippen molar-refractivity contribution in [1.29, 1.82) is 0 Å². The van der Waals surface area contributed by atoms with Crippen LogP contribution in [0, 0.1) is 0 Å². The zero-order valence-corrected chi connectivity index (χ0v) is 39.0. The van der Waals surface area contributed by atoms with Crippen molar-refractivity contribution in [1.82, 2.24) is 9.80 Å². The number of rotatable bonds is 44. The molecule has 0 atom stereocenters. The predicted molar refractivity (Wildman–Crippen MR) is 255 cm³/mol. The number of nitrogens with zero attached hydrogens (tertiary/aromatic N) is 2. The Bertz CT molecular complexity index is 916. The number of carbonyl (C=O) groups excluding carboxylic acids is 1. The Hall–Kier alpha value is -1.91. The molecule has 0 saturated carbocycles. The number of hydrogen-bond acceptors (Lipinski definition) is 4. The molecule has 4 nitrogen and oxygen atoms in total. The molecule has 0 aromatic heterocycles. The molecule has 0 unspecified atom stereocenters. The van der Waals surface area contributed by atoms with E-state index in [0.29, 0.717) is 19.1 Å². The minimum absolute atomic E-state index is 0.0491. The standard InChI is InChI=1S/C53H98N2O2/c1-6-9-12-15-18-20-22-24-26-28-30-32-34-36-38-41-45-52(46-42-39-37-35-33-31-29-27-25-23-21-19-16-13-10-7-2)55(49-44-48-54(4)5)50-47-53(56)57-51-43-40-17-14-11-8-3/h18-21,24-27,40,43,52H,6-17,22-23,28-39,41-42,44-51H2,1-5H3/b20-18-,21-19-,26-24-,27-25-,43-40-. The van der Waals surface area contributed by atoms with Crippen molar-refractivity contribution in [2.24, 2.45) is 0 Å². The molecule has 332 valence electrons. The monoisotopic (exact) mass is 795 g/mol. The van der Waals surface area contributed by atoms with Crippen molar-refractivity contribution in [3.05, 3.63) is 60.8 Å². The van der Waals surface area contributed by atoms with Crippen molar-refractivity contribution in [2.45, 2.75) is 232 Å². The summed E-state index contributed by atoms with van der Waals surface area (Å²) in [5, 5.41) is 0. The van der Waals surface area contributed by atoms with Crippen LogP contribution in [0.15, 0.2) is 60.8 Å². The van der Waals surface area contributed by atoms with Crippen molar-refractivity contribution in [3.63, 3.8) is 0 Å². The van der Waals surface area contributed by atoms with Crippen LogP contribution in [0.4, 0.5) is 0 Å². The molecule has 0 aromatic carbocycles. The number of hydrogen-bond donors (Lipinski definition) is 0. The molecule has 0 aromatic rings. The SMILES string of the molecule is CCCCC/C=C\C/C=C\CCCCCCCCC(CCCCCCCC/C=C\C/C=C\CCCCC)N(CCCN(C)C)CCC(=O)OC/C=C\CCCCC. The van der Waals surface area contributed by atoms with E-state index in [0.717, 1.165) is 45.3 Å². The van der Waals surface area contributed by atoms with Gasteiger partial charge in [-0.2, -0.15) is 0 Å². The molecule has 0 fully saturated rings. The summed E-state index contributed by atoms with van der Waals surface area (Å²) in [7, 11) is 4.34. The highest BCUT2D eigenvalue weighted by Crippen LogP contribution is 2.20. The molecule has 0 heterocycles. The first kappa shape index (κ1) is 55.1. The minimum Gasteiger partial charge on any atom is -0.461 e. The van der Waals surface area contributed by atoms with Gasteiger partial charge in [-0.3, -0.25) is 9.69 Å². The number of esters is 1. The molecule has 0 radical (unpaired) electrons. The van der Waals surface area contributed by atoms with E-state index in [4.69, 9.17) is 4.74 Å². The van der Waals surface area contributed by atoms with Gasteiger partial charge in [0.2, 0.25) is 0 Å². The van der Waals surface area contributed by atoms with Gasteiger partial charge in [-0.15, -0.1) is 0 Å². The first-order chi connectivity index (χ1) is 28.0. The zero-order valence-electron chi connectivity index (χ0n) is 39.0. The Morgan fingerprint density at radius 2 is 0.825 bits per heavy atom. The van der Waals surface area contributed by atoms with Gasteiger partial charge in [0.15, 0.2) is 0 Å². The number of ether oxygens (including phenoxy) is 1. The second-order valence-electron chi connectivity index (χ2n) is 17.0. The number of unbranched alkanes of at least 4 members (excludes halogenated alkanes) is 21. The molecule has 0 aliphatic heterocycles. The van der Waals surface area contributed by atoms with Gasteiger partial charge in [0.25, 0.3) is 0 Å². The Morgan fingerprint density at radius 3 is 1.25 bits per heavy atom. The molecular formula is C53H98N2O2. The van der Waals surface area contributed by atoms with Crippen LogP contribution >= 0.6 is 0 Å². The third-order valence-corrected chi connectivity index (χ3v) is 11.1. The van der Waals surface area contributed by atoms with E-state index in [-0.39, 0.29) is 5.97 Å². The van der Waals surface area contributed by atoms with Crippen LogP contribution in [0.5, 0.6) is 0 Å². The largest absolute Gasteiger partial charge is 0.461 e. The first-order valence-corrected chi connectivity index (χ1v) is 24.8. The summed E-state index contributed by atoms with van der Waals surface area (Å²) in [5.41, 5.74) is 0. The van der Waals surface area contributed by atoms with E-state index in [1.807, 2.05) is 6.08 Å². The van der Waals surface area contributed by atoms with Gasteiger partial charge in [-0.25, -0.2) is 0 Å². The molecule has 0 aliphatic rings. The Kier molecular flexibility index (Phi) is 45.2. The van der Waals surface area contributed by atoms with Crippen LogP contribution in [-0.4, -0.2) is 62.1 Å². The lowest BCUT2D eigenvalue weighted by Gasteiger charge is -2.32. The second-order valence-corrected chi connectivity index (χ2v) is 17.0. The topological polar surface area (TPSA) is 32.8 Å². The smallest absolute Gasteiger partial charge is 0.307 e. The lowest BCUT2D eigenvalue weighted by atomic mass is 9.98. The third kappa shape index (κ3) is 43.5. The van der Waals surface area contributed by atoms with Gasteiger partial charge in [0, 0.05) is 12.6 Å². The van der Waals surface area contributed by atoms with Crippen molar-refractivity contribution >= 4 is 5.97 Å². The van der Waals surface area contributed by atoms with Crippen LogP contribution in [0.3, 0.4) is 0 Å². The van der Waals surface area contributed by atoms with E-state index < -0.39 is 0 Å². The molecule has 0 bridgehead atoms. The highest BCUT2D eigenvalue weighted by atomic mass is 16.5. The molecule has 0 amide bonds. The molecule has 0 saturated heterocycles. The second kappa shape index (κ2) is 46.8. The van der Waals surface area contributed by atoms with Gasteiger partial charge < -0.3 is 9.64 Å². The summed E-state index contributed by atoms with van der Waals surface area (Å²) in [6.45, 7) is 10.2. The van der Waals surface area contributed by atoms with Crippen LogP contribution in [-0.2, 0) is 9.53 Å². The quantitative estimate of drug-likeness (QED) is 0.0349. The maximum atomic E-state index is 12.8. The van der Waals surface area contributed by atoms with Crippen LogP contribution in [0.2, 0.25) is 0 Å². The average molecular weight is 795 g/mol. The first-order valence-electron chi connectivity index (χ1n) is 24.8. The summed E-state index contributed by atoms with van der Waals surface area (Å²) in [5.74, 6) is -0.0491. The van der Waals surface area contributed by atoms with Gasteiger partial charge in [0.1, 0.15) is 6.61 Å². The van der Waals surface area contributed by atoms with E-state index in [1.165, 1.54) is 173 Å². The van der Waals surface area contributed by atoms with E-state index in [1.54, 1.807) is 0 Å². The number of carbonyl (C=O) groups is 1. The maximum Gasteiger partial charge on any atom is 0.307 e. The normalized spacial score (nSPS) is 12.6. The molecular weight excluding hydrogens is 697 g/mol. The van der Waals surface area contributed by atoms with Crippen molar-refractivity contribution in [3.8, 4) is 0 Å². The van der Waals surface area contributed by atoms with E-state index >= 15 is 0 Å². The summed E-state index contributed by atoms with van der Waals surface area (Å²) in [4.78, 5) is 17.8. The van der Waals surface area contributed by atoms with Crippen LogP contribution in [0.1, 0.15) is 226 Å². The minimum atomic E-state index is -0.0491. The zero-order chi connectivity index (χ0) is 41.5. The summed E-state index contributed by atoms with van der Waals surface area (Å²) >= 11 is 0. The fourth-order valence-electron chi connectivity index (χ4n) is 7.46. The molecule has 4 heteroatoms. The molecule has 57 heavy (non-hydrogen) atoms. The third-order valence-electron chi connectivity index (χ3n) is 11.1. The van der Waals surface area contributed by atoms with Crippen molar-refractivity contribution < 1.29 is 9.53 Å². The number of allylic oxidation sites excluding steroid dienone is 9. The van der Waals surface area contributed by atoms with Gasteiger partial charge in [-0.1, -0.05) is 184 Å². The lowest BCUT2D eigenvalue weighted by Crippen LogP contribution is -2.39. The van der Waals surface area contributed by atoms with Gasteiger partial charge >= 0.3 is 5.97 Å².